The summed E-state index contributed by atoms with van der Waals surface area (Å²) >= 11 is 0. The van der Waals surface area contributed by atoms with E-state index in [-0.39, 0.29) is 45.9 Å². The van der Waals surface area contributed by atoms with Crippen molar-refractivity contribution in [2.75, 3.05) is 18.5 Å². The minimum atomic E-state index is -2.27. The van der Waals surface area contributed by atoms with E-state index < -0.39 is 59.4 Å². The quantitative estimate of drug-likeness (QED) is 0.158. The molecule has 2 aliphatic carbocycles. The van der Waals surface area contributed by atoms with Crippen molar-refractivity contribution in [2.24, 2.45) is 5.41 Å². The standard InChI is InChI=1S/C36H36N2O10/c1-17-11-21-25(22(40)12-17)29(43)27-23-13-20-19(26(27)28(21)42)6-10-37-33(20)38-15-24(41)34(7-3-2-4-8-34)14-18-5-9-36(47-23)32(46)30(44)31(45)35(18,16-39)48-36/h5-6,9-14,24,30-32,39-41,44-46H,2-4,7-8,15-16H2,1H3,(H,37,38)/b18-14+/t24-,30-,31-,32+,35-,36+/m0/s1. The molecule has 1 saturated carbocycles. The van der Waals surface area contributed by atoms with Gasteiger partial charge in [-0.3, -0.25) is 9.59 Å². The molecule has 4 aliphatic heterocycles. The Morgan fingerprint density at radius 1 is 0.958 bits per heavy atom. The van der Waals surface area contributed by atoms with Crippen LogP contribution >= 0.6 is 0 Å². The molecule has 2 spiro atoms. The molecule has 7 N–H and O–H groups in total. The Balaban J connectivity index is 1.43. The Bertz CT molecular complexity index is 1970. The predicted molar refractivity (Wildman–Crippen MR) is 171 cm³/mol. The van der Waals surface area contributed by atoms with Gasteiger partial charge in [0.1, 0.15) is 35.1 Å². The molecule has 2 aromatic carbocycles. The van der Waals surface area contributed by atoms with Gasteiger partial charge in [0.25, 0.3) is 5.79 Å². The average Bonchev–Trinajstić information content (AvgIpc) is 3.08. The molecule has 0 amide bonds. The van der Waals surface area contributed by atoms with Crippen LogP contribution in [0.3, 0.4) is 0 Å². The van der Waals surface area contributed by atoms with Gasteiger partial charge >= 0.3 is 0 Å². The number of ether oxygens (including phenoxy) is 2. The van der Waals surface area contributed by atoms with Gasteiger partial charge in [0, 0.05) is 34.7 Å². The summed E-state index contributed by atoms with van der Waals surface area (Å²) in [7, 11) is 0. The van der Waals surface area contributed by atoms with Crippen LogP contribution in [0.25, 0.3) is 10.8 Å². The third kappa shape index (κ3) is 4.14. The van der Waals surface area contributed by atoms with Crippen molar-refractivity contribution in [1.82, 2.24) is 4.98 Å². The van der Waals surface area contributed by atoms with Gasteiger partial charge < -0.3 is 45.4 Å². The van der Waals surface area contributed by atoms with Crippen LogP contribution in [0.15, 0.2) is 54.3 Å². The minimum Gasteiger partial charge on any atom is -0.507 e. The van der Waals surface area contributed by atoms with Crippen molar-refractivity contribution in [3.63, 3.8) is 0 Å². The third-order valence-corrected chi connectivity index (χ3v) is 10.9. The van der Waals surface area contributed by atoms with E-state index >= 15 is 0 Å². The fraction of sp³-hybridized carbons (Fsp3) is 0.417. The van der Waals surface area contributed by atoms with Crippen molar-refractivity contribution in [1.29, 1.82) is 0 Å². The van der Waals surface area contributed by atoms with Gasteiger partial charge in [-0.2, -0.15) is 0 Å². The molecule has 0 radical (unpaired) electrons. The van der Waals surface area contributed by atoms with Gasteiger partial charge in [0.2, 0.25) is 5.78 Å². The smallest absolute Gasteiger partial charge is 0.260 e. The Labute approximate surface area is 275 Å². The van der Waals surface area contributed by atoms with Crippen molar-refractivity contribution >= 4 is 28.2 Å². The van der Waals surface area contributed by atoms with E-state index in [2.05, 4.69) is 10.3 Å². The highest BCUT2D eigenvalue weighted by Crippen LogP contribution is 2.52. The number of aromatic nitrogens is 1. The first-order valence-corrected chi connectivity index (χ1v) is 16.2. The van der Waals surface area contributed by atoms with Crippen LogP contribution in [0.4, 0.5) is 5.82 Å². The van der Waals surface area contributed by atoms with Crippen molar-refractivity contribution in [2.45, 2.75) is 74.8 Å². The number of phenolic OH excluding ortho intramolecular Hbond substituents is 1. The third-order valence-electron chi connectivity index (χ3n) is 10.9. The van der Waals surface area contributed by atoms with Crippen LogP contribution in [-0.4, -0.2) is 96.1 Å². The number of aliphatic hydroxyl groups excluding tert-OH is 5. The van der Waals surface area contributed by atoms with E-state index in [9.17, 15) is 40.2 Å². The number of aliphatic hydroxyl groups is 5. The van der Waals surface area contributed by atoms with Crippen molar-refractivity contribution < 1.29 is 49.7 Å². The Hall–Kier alpha value is -4.17. The number of aromatic hydroxyl groups is 1. The van der Waals surface area contributed by atoms with Crippen LogP contribution in [0.1, 0.15) is 69.5 Å². The fourth-order valence-corrected chi connectivity index (χ4v) is 8.39. The van der Waals surface area contributed by atoms with E-state index in [1.807, 2.05) is 0 Å². The minimum absolute atomic E-state index is 0.0103. The number of hydrogen-bond donors (Lipinski definition) is 7. The monoisotopic (exact) mass is 656 g/mol. The van der Waals surface area contributed by atoms with Gasteiger partial charge in [-0.25, -0.2) is 4.98 Å². The van der Waals surface area contributed by atoms with Crippen LogP contribution < -0.4 is 10.1 Å². The van der Waals surface area contributed by atoms with Crippen LogP contribution in [0, 0.1) is 12.3 Å². The largest absolute Gasteiger partial charge is 0.507 e. The molecule has 48 heavy (non-hydrogen) atoms. The number of ketones is 2. The fourth-order valence-electron chi connectivity index (χ4n) is 8.39. The lowest BCUT2D eigenvalue weighted by Gasteiger charge is -2.56. The molecule has 3 aromatic rings. The highest BCUT2D eigenvalue weighted by Gasteiger charge is 2.64. The number of pyridine rings is 1. The number of carbonyl (C=O) groups is 2. The number of hydrogen-bond acceptors (Lipinski definition) is 12. The van der Waals surface area contributed by atoms with Crippen LogP contribution in [-0.2, 0) is 4.74 Å². The van der Waals surface area contributed by atoms with Crippen LogP contribution in [0.5, 0.6) is 11.5 Å². The Morgan fingerprint density at radius 2 is 1.73 bits per heavy atom. The maximum absolute atomic E-state index is 14.3. The first-order chi connectivity index (χ1) is 22.9. The maximum Gasteiger partial charge on any atom is 0.260 e. The van der Waals surface area contributed by atoms with E-state index in [1.165, 1.54) is 36.5 Å². The molecule has 12 heteroatoms. The Morgan fingerprint density at radius 3 is 2.48 bits per heavy atom. The van der Waals surface area contributed by atoms with Gasteiger partial charge in [0.15, 0.2) is 11.9 Å². The van der Waals surface area contributed by atoms with E-state index in [1.54, 1.807) is 19.1 Å². The summed E-state index contributed by atoms with van der Waals surface area (Å²) in [5, 5.41) is 71.8. The number of rotatable bonds is 1. The zero-order valence-corrected chi connectivity index (χ0v) is 26.1. The van der Waals surface area contributed by atoms with Crippen molar-refractivity contribution in [3.8, 4) is 11.5 Å². The summed E-state index contributed by atoms with van der Waals surface area (Å²) in [6.07, 6.45) is 3.38. The summed E-state index contributed by atoms with van der Waals surface area (Å²) in [4.78, 5) is 33.1. The normalized spacial score (nSPS) is 33.0. The molecule has 5 bridgehead atoms. The molecule has 12 nitrogen and oxygen atoms in total. The zero-order chi connectivity index (χ0) is 33.7. The van der Waals surface area contributed by atoms with E-state index in [4.69, 9.17) is 9.47 Å². The van der Waals surface area contributed by atoms with E-state index in [0.717, 1.165) is 19.3 Å². The number of nitrogens with zero attached hydrogens (tertiary/aromatic N) is 1. The highest BCUT2D eigenvalue weighted by molar-refractivity contribution is 6.34. The molecular weight excluding hydrogens is 620 g/mol. The molecule has 9 rings (SSSR count). The summed E-state index contributed by atoms with van der Waals surface area (Å²) in [5.74, 6) is -3.85. The number of fused-ring (bicyclic) bond motifs is 5. The van der Waals surface area contributed by atoms with Gasteiger partial charge in [-0.05, 0) is 66.6 Å². The first kappa shape index (κ1) is 31.1. The summed E-state index contributed by atoms with van der Waals surface area (Å²) in [6.45, 7) is 0.902. The van der Waals surface area contributed by atoms with Gasteiger partial charge in [0.05, 0.1) is 23.8 Å². The van der Waals surface area contributed by atoms with Gasteiger partial charge in [-0.1, -0.05) is 31.4 Å². The zero-order valence-electron chi connectivity index (χ0n) is 26.1. The molecule has 250 valence electrons. The number of carbonyl (C=O) groups excluding carboxylic acids is 2. The second kappa shape index (κ2) is 10.7. The highest BCUT2D eigenvalue weighted by atomic mass is 16.7. The topological polar surface area (TPSA) is 199 Å². The Kier molecular flexibility index (Phi) is 6.91. The average molecular weight is 657 g/mol. The van der Waals surface area contributed by atoms with Gasteiger partial charge in [-0.15, -0.1) is 0 Å². The lowest BCUT2D eigenvalue weighted by Crippen LogP contribution is -2.74. The summed E-state index contributed by atoms with van der Waals surface area (Å²) in [5.41, 5.74) is -2.39. The molecule has 5 heterocycles. The number of aryl methyl sites for hydroxylation is 1. The molecule has 0 unspecified atom stereocenters. The number of phenols is 1. The maximum atomic E-state index is 14.3. The number of benzene rings is 2. The number of nitrogens with one attached hydrogen (secondary N) is 1. The molecule has 1 saturated heterocycles. The number of anilines is 1. The van der Waals surface area contributed by atoms with E-state index in [0.29, 0.717) is 35.0 Å². The van der Waals surface area contributed by atoms with Crippen molar-refractivity contribution in [3.05, 3.63) is 82.1 Å². The first-order valence-electron chi connectivity index (χ1n) is 16.2. The molecular formula is C36H36N2O10. The molecule has 1 aromatic heterocycles. The molecule has 6 atom stereocenters. The predicted octanol–water partition coefficient (Wildman–Crippen LogP) is 2.18. The second-order valence-electron chi connectivity index (χ2n) is 13.7. The molecule has 6 aliphatic rings. The lowest BCUT2D eigenvalue weighted by molar-refractivity contribution is -0.346. The lowest BCUT2D eigenvalue weighted by atomic mass is 9.66. The summed E-state index contributed by atoms with van der Waals surface area (Å²) in [6, 6.07) is 5.96. The SMILES string of the molecule is Cc1cc(O)c2c(c1)C(=O)c1c(c3cc4c(nccc14)NC[C@H](O)C1(/C=C4\C=C[C@@]5(O3)O[C@]4(CO)[C@@H](O)[C@H](O)[C@H]5O)CCCCC1)C2=O. The van der Waals surface area contributed by atoms with Crippen LogP contribution in [0.2, 0.25) is 0 Å². The second-order valence-corrected chi connectivity index (χ2v) is 13.7. The molecule has 2 fully saturated rings. The summed E-state index contributed by atoms with van der Waals surface area (Å²) < 4.78 is 12.9.